The van der Waals surface area contributed by atoms with Crippen molar-refractivity contribution in [3.63, 3.8) is 0 Å². The fourth-order valence-corrected chi connectivity index (χ4v) is 2.99. The predicted octanol–water partition coefficient (Wildman–Crippen LogP) is 2.92. The van der Waals surface area contributed by atoms with Crippen molar-refractivity contribution < 1.29 is 14.3 Å². The van der Waals surface area contributed by atoms with E-state index in [0.29, 0.717) is 6.42 Å². The molecule has 1 atom stereocenters. The zero-order chi connectivity index (χ0) is 18.5. The molecule has 0 unspecified atom stereocenters. The third-order valence-electron chi connectivity index (χ3n) is 4.41. The lowest BCUT2D eigenvalue weighted by Crippen LogP contribution is -2.43. The highest BCUT2D eigenvalue weighted by molar-refractivity contribution is 5.88. The van der Waals surface area contributed by atoms with Gasteiger partial charge in [-0.2, -0.15) is 0 Å². The van der Waals surface area contributed by atoms with Gasteiger partial charge in [-0.15, -0.1) is 0 Å². The first-order valence-electron chi connectivity index (χ1n) is 8.54. The normalized spacial score (nSPS) is 11.9. The Morgan fingerprint density at radius 2 is 1.85 bits per heavy atom. The first-order valence-corrected chi connectivity index (χ1v) is 8.54. The number of aryl methyl sites for hydroxylation is 1. The highest BCUT2D eigenvalue weighted by Gasteiger charge is 2.23. The van der Waals surface area contributed by atoms with E-state index in [0.717, 1.165) is 27.6 Å². The number of rotatable bonds is 6. The van der Waals surface area contributed by atoms with Crippen molar-refractivity contribution in [3.05, 3.63) is 71.4 Å². The summed E-state index contributed by atoms with van der Waals surface area (Å²) >= 11 is 0. The second kappa shape index (κ2) is 7.87. The summed E-state index contributed by atoms with van der Waals surface area (Å²) in [4.78, 5) is 27.7. The Balaban J connectivity index is 1.72. The van der Waals surface area contributed by atoms with Crippen LogP contribution in [0.15, 0.2) is 54.7 Å². The van der Waals surface area contributed by atoms with Gasteiger partial charge in [0.1, 0.15) is 6.04 Å². The number of benzene rings is 2. The maximum Gasteiger partial charge on any atom is 0.328 e. The number of amides is 1. The van der Waals surface area contributed by atoms with Gasteiger partial charge >= 0.3 is 5.97 Å². The summed E-state index contributed by atoms with van der Waals surface area (Å²) in [5, 5.41) is 3.84. The molecule has 0 bridgehead atoms. The topological polar surface area (TPSA) is 71.2 Å². The third-order valence-corrected chi connectivity index (χ3v) is 4.41. The molecule has 0 radical (unpaired) electrons. The number of carbonyl (C=O) groups is 2. The smallest absolute Gasteiger partial charge is 0.328 e. The van der Waals surface area contributed by atoms with Crippen LogP contribution in [0.5, 0.6) is 0 Å². The summed E-state index contributed by atoms with van der Waals surface area (Å²) in [6, 6.07) is 14.9. The van der Waals surface area contributed by atoms with Crippen LogP contribution in [0.1, 0.15) is 16.7 Å². The number of hydrogen-bond donors (Lipinski definition) is 2. The van der Waals surface area contributed by atoms with Gasteiger partial charge in [0.2, 0.25) is 5.91 Å². The van der Waals surface area contributed by atoms with Crippen LogP contribution >= 0.6 is 0 Å². The van der Waals surface area contributed by atoms with Crippen LogP contribution < -0.4 is 5.32 Å². The third kappa shape index (κ3) is 4.11. The van der Waals surface area contributed by atoms with Crippen molar-refractivity contribution in [2.45, 2.75) is 25.8 Å². The van der Waals surface area contributed by atoms with Crippen LogP contribution in [0, 0.1) is 6.92 Å². The van der Waals surface area contributed by atoms with Gasteiger partial charge in [-0.1, -0.05) is 48.0 Å². The van der Waals surface area contributed by atoms with E-state index in [9.17, 15) is 9.59 Å². The molecule has 2 N–H and O–H groups in total. The number of aromatic amines is 1. The van der Waals surface area contributed by atoms with Gasteiger partial charge in [0.25, 0.3) is 0 Å². The molecule has 1 aromatic heterocycles. The van der Waals surface area contributed by atoms with Gasteiger partial charge in [0.15, 0.2) is 0 Å². The van der Waals surface area contributed by atoms with Crippen molar-refractivity contribution in [2.24, 2.45) is 0 Å². The zero-order valence-electron chi connectivity index (χ0n) is 14.9. The monoisotopic (exact) mass is 350 g/mol. The Labute approximate surface area is 152 Å². The average molecular weight is 350 g/mol. The Kier molecular flexibility index (Phi) is 5.37. The standard InChI is InChI=1S/C21H22N2O3/c1-14-7-9-15(10-8-14)11-20(24)23-19(21(25)26-2)12-16-13-22-18-6-4-3-5-17(16)18/h3-10,13,19,22H,11-12H2,1-2H3,(H,23,24)/t19-/m1/s1. The van der Waals surface area contributed by atoms with Crippen LogP contribution in [0.4, 0.5) is 0 Å². The Morgan fingerprint density at radius 3 is 2.58 bits per heavy atom. The van der Waals surface area contributed by atoms with E-state index in [4.69, 9.17) is 4.74 Å². The Morgan fingerprint density at radius 1 is 1.12 bits per heavy atom. The lowest BCUT2D eigenvalue weighted by molar-refractivity contribution is -0.145. The highest BCUT2D eigenvalue weighted by atomic mass is 16.5. The molecular weight excluding hydrogens is 328 g/mol. The van der Waals surface area contributed by atoms with Crippen LogP contribution in [0.25, 0.3) is 10.9 Å². The lowest BCUT2D eigenvalue weighted by Gasteiger charge is -2.16. The number of ether oxygens (including phenoxy) is 1. The van der Waals surface area contributed by atoms with Gasteiger partial charge in [-0.05, 0) is 24.1 Å². The number of carbonyl (C=O) groups excluding carboxylic acids is 2. The van der Waals surface area contributed by atoms with Crippen LogP contribution in [-0.2, 0) is 27.2 Å². The first-order chi connectivity index (χ1) is 12.6. The van der Waals surface area contributed by atoms with Gasteiger partial charge in [-0.25, -0.2) is 4.79 Å². The molecule has 1 amide bonds. The number of methoxy groups -OCH3 is 1. The minimum absolute atomic E-state index is 0.205. The highest BCUT2D eigenvalue weighted by Crippen LogP contribution is 2.19. The van der Waals surface area contributed by atoms with Crippen LogP contribution in [0.2, 0.25) is 0 Å². The molecule has 0 fully saturated rings. The van der Waals surface area contributed by atoms with Crippen molar-refractivity contribution in [1.82, 2.24) is 10.3 Å². The number of para-hydroxylation sites is 1. The number of fused-ring (bicyclic) bond motifs is 1. The summed E-state index contributed by atoms with van der Waals surface area (Å²) in [5.41, 5.74) is 4.01. The molecule has 0 saturated carbocycles. The largest absolute Gasteiger partial charge is 0.467 e. The van der Waals surface area contributed by atoms with E-state index >= 15 is 0 Å². The molecule has 26 heavy (non-hydrogen) atoms. The molecular formula is C21H22N2O3. The summed E-state index contributed by atoms with van der Waals surface area (Å²) in [5.74, 6) is -0.656. The van der Waals surface area contributed by atoms with E-state index < -0.39 is 12.0 Å². The predicted molar refractivity (Wildman–Crippen MR) is 101 cm³/mol. The molecule has 5 nitrogen and oxygen atoms in total. The number of nitrogens with one attached hydrogen (secondary N) is 2. The summed E-state index contributed by atoms with van der Waals surface area (Å²) < 4.78 is 4.88. The average Bonchev–Trinajstić information content (AvgIpc) is 3.05. The van der Waals surface area contributed by atoms with Gasteiger partial charge in [0.05, 0.1) is 13.5 Å². The molecule has 5 heteroatoms. The summed E-state index contributed by atoms with van der Waals surface area (Å²) in [7, 11) is 1.33. The van der Waals surface area contributed by atoms with Crippen molar-refractivity contribution >= 4 is 22.8 Å². The van der Waals surface area contributed by atoms with Crippen LogP contribution in [0.3, 0.4) is 0 Å². The fraction of sp³-hybridized carbons (Fsp3) is 0.238. The Hall–Kier alpha value is -3.08. The van der Waals surface area contributed by atoms with E-state index in [2.05, 4.69) is 10.3 Å². The molecule has 0 saturated heterocycles. The molecule has 2 aromatic carbocycles. The first kappa shape index (κ1) is 17.7. The van der Waals surface area contributed by atoms with Crippen LogP contribution in [-0.4, -0.2) is 30.0 Å². The fourth-order valence-electron chi connectivity index (χ4n) is 2.99. The van der Waals surface area contributed by atoms with E-state index in [1.54, 1.807) is 0 Å². The molecule has 0 spiro atoms. The Bertz CT molecular complexity index is 912. The molecule has 0 aliphatic rings. The molecule has 134 valence electrons. The molecule has 3 rings (SSSR count). The maximum atomic E-state index is 12.4. The minimum Gasteiger partial charge on any atom is -0.467 e. The lowest BCUT2D eigenvalue weighted by atomic mass is 10.0. The van der Waals surface area contributed by atoms with Crippen molar-refractivity contribution in [2.75, 3.05) is 7.11 Å². The van der Waals surface area contributed by atoms with Gasteiger partial charge in [0, 0.05) is 23.5 Å². The van der Waals surface area contributed by atoms with Gasteiger partial charge < -0.3 is 15.0 Å². The second-order valence-corrected chi connectivity index (χ2v) is 6.37. The van der Waals surface area contributed by atoms with E-state index in [1.807, 2.05) is 61.7 Å². The summed E-state index contributed by atoms with van der Waals surface area (Å²) in [6.07, 6.45) is 2.46. The number of hydrogen-bond acceptors (Lipinski definition) is 3. The number of H-pyrrole nitrogens is 1. The van der Waals surface area contributed by atoms with Crippen molar-refractivity contribution in [1.29, 1.82) is 0 Å². The number of esters is 1. The second-order valence-electron chi connectivity index (χ2n) is 6.37. The van der Waals surface area contributed by atoms with E-state index in [-0.39, 0.29) is 12.3 Å². The summed E-state index contributed by atoms with van der Waals surface area (Å²) in [6.45, 7) is 2.00. The quantitative estimate of drug-likeness (QED) is 0.672. The SMILES string of the molecule is COC(=O)[C@@H](Cc1c[nH]c2ccccc12)NC(=O)Cc1ccc(C)cc1. The van der Waals surface area contributed by atoms with Gasteiger partial charge in [-0.3, -0.25) is 4.79 Å². The van der Waals surface area contributed by atoms with Crippen molar-refractivity contribution in [3.8, 4) is 0 Å². The zero-order valence-corrected chi connectivity index (χ0v) is 14.9. The maximum absolute atomic E-state index is 12.4. The molecule has 3 aromatic rings. The molecule has 0 aliphatic carbocycles. The van der Waals surface area contributed by atoms with E-state index in [1.165, 1.54) is 7.11 Å². The number of aromatic nitrogens is 1. The molecule has 1 heterocycles. The molecule has 0 aliphatic heterocycles. The minimum atomic E-state index is -0.725.